The van der Waals surface area contributed by atoms with E-state index in [2.05, 4.69) is 16.4 Å². The Bertz CT molecular complexity index is 867. The average molecular weight is 378 g/mol. The number of H-pyrrole nitrogens is 1. The molecule has 26 heavy (non-hydrogen) atoms. The number of nitrogens with zero attached hydrogens (tertiary/aromatic N) is 2. The summed E-state index contributed by atoms with van der Waals surface area (Å²) in [5.41, 5.74) is 2.29. The van der Waals surface area contributed by atoms with Crippen molar-refractivity contribution in [1.82, 2.24) is 18.9 Å². The third kappa shape index (κ3) is 3.92. The van der Waals surface area contributed by atoms with Crippen molar-refractivity contribution in [1.29, 1.82) is 0 Å². The molecule has 0 spiro atoms. The molecule has 1 saturated heterocycles. The van der Waals surface area contributed by atoms with E-state index in [0.29, 0.717) is 32.5 Å². The number of nitrogens with one attached hydrogen (secondary N) is 2. The molecule has 8 heteroatoms. The molecule has 2 N–H and O–H groups in total. The minimum Gasteiger partial charge on any atom is -0.361 e. The summed E-state index contributed by atoms with van der Waals surface area (Å²) < 4.78 is 26.9. The van der Waals surface area contributed by atoms with Crippen molar-refractivity contribution in [3.8, 4) is 0 Å². The third-order valence-corrected chi connectivity index (χ3v) is 6.92. The number of carbonyl (C=O) groups is 1. The number of hydrogen-bond acceptors (Lipinski definition) is 3. The Morgan fingerprint density at radius 3 is 2.65 bits per heavy atom. The summed E-state index contributed by atoms with van der Waals surface area (Å²) in [5, 5.41) is 4.18. The van der Waals surface area contributed by atoms with Crippen LogP contribution in [-0.2, 0) is 21.4 Å². The highest BCUT2D eigenvalue weighted by atomic mass is 32.2. The van der Waals surface area contributed by atoms with Crippen LogP contribution in [0.5, 0.6) is 0 Å². The smallest absolute Gasteiger partial charge is 0.281 e. The molecule has 2 aromatic rings. The van der Waals surface area contributed by atoms with Crippen LogP contribution in [0.4, 0.5) is 0 Å². The number of amides is 1. The first kappa shape index (κ1) is 18.9. The fourth-order valence-corrected chi connectivity index (χ4v) is 4.52. The van der Waals surface area contributed by atoms with Gasteiger partial charge in [-0.15, -0.1) is 0 Å². The number of aromatic amines is 1. The van der Waals surface area contributed by atoms with Crippen LogP contribution in [0, 0.1) is 5.92 Å². The molecule has 1 fully saturated rings. The van der Waals surface area contributed by atoms with Crippen LogP contribution in [0.15, 0.2) is 30.5 Å². The van der Waals surface area contributed by atoms with Gasteiger partial charge in [-0.25, -0.2) is 0 Å². The molecule has 0 radical (unpaired) electrons. The van der Waals surface area contributed by atoms with Gasteiger partial charge in [-0.3, -0.25) is 4.79 Å². The predicted molar refractivity (Wildman–Crippen MR) is 102 cm³/mol. The van der Waals surface area contributed by atoms with Crippen molar-refractivity contribution in [3.05, 3.63) is 36.0 Å². The van der Waals surface area contributed by atoms with Crippen molar-refractivity contribution in [2.75, 3.05) is 33.7 Å². The van der Waals surface area contributed by atoms with Crippen molar-refractivity contribution in [2.24, 2.45) is 5.92 Å². The van der Waals surface area contributed by atoms with Crippen LogP contribution < -0.4 is 5.32 Å². The summed E-state index contributed by atoms with van der Waals surface area (Å²) in [6, 6.07) is 8.11. The number of para-hydroxylation sites is 1. The zero-order valence-electron chi connectivity index (χ0n) is 15.2. The molecule has 1 aromatic heterocycles. The zero-order valence-corrected chi connectivity index (χ0v) is 16.1. The van der Waals surface area contributed by atoms with Crippen LogP contribution in [0.2, 0.25) is 0 Å². The Hall–Kier alpha value is -1.90. The van der Waals surface area contributed by atoms with Crippen LogP contribution in [-0.4, -0.2) is 61.6 Å². The van der Waals surface area contributed by atoms with Gasteiger partial charge in [-0.2, -0.15) is 17.0 Å². The van der Waals surface area contributed by atoms with Crippen molar-refractivity contribution >= 4 is 27.0 Å². The van der Waals surface area contributed by atoms with Crippen LogP contribution >= 0.6 is 0 Å². The van der Waals surface area contributed by atoms with Gasteiger partial charge in [0.15, 0.2) is 0 Å². The second-order valence-corrected chi connectivity index (χ2v) is 9.01. The monoisotopic (exact) mass is 378 g/mol. The molecule has 0 atom stereocenters. The topological polar surface area (TPSA) is 85.5 Å². The number of piperidine rings is 1. The number of benzene rings is 1. The van der Waals surface area contributed by atoms with E-state index in [9.17, 15) is 13.2 Å². The molecule has 142 valence electrons. The lowest BCUT2D eigenvalue weighted by atomic mass is 9.97. The first-order valence-electron chi connectivity index (χ1n) is 8.90. The third-order valence-electron chi connectivity index (χ3n) is 4.98. The van der Waals surface area contributed by atoms with E-state index in [-0.39, 0.29) is 11.8 Å². The number of aromatic nitrogens is 1. The summed E-state index contributed by atoms with van der Waals surface area (Å²) in [6.45, 7) is 1.36. The Kier molecular flexibility index (Phi) is 5.64. The van der Waals surface area contributed by atoms with Crippen LogP contribution in [0.1, 0.15) is 18.4 Å². The zero-order chi connectivity index (χ0) is 18.7. The Morgan fingerprint density at radius 2 is 1.96 bits per heavy atom. The van der Waals surface area contributed by atoms with E-state index < -0.39 is 10.2 Å². The lowest BCUT2D eigenvalue weighted by Crippen LogP contribution is -2.47. The molecule has 2 heterocycles. The van der Waals surface area contributed by atoms with Gasteiger partial charge < -0.3 is 10.3 Å². The van der Waals surface area contributed by atoms with E-state index >= 15 is 0 Å². The van der Waals surface area contributed by atoms with Gasteiger partial charge in [0.1, 0.15) is 0 Å². The average Bonchev–Trinajstić information content (AvgIpc) is 3.05. The quantitative estimate of drug-likeness (QED) is 0.796. The molecule has 0 aliphatic carbocycles. The van der Waals surface area contributed by atoms with Gasteiger partial charge in [-0.1, -0.05) is 18.2 Å². The second kappa shape index (κ2) is 7.77. The predicted octanol–water partition coefficient (Wildman–Crippen LogP) is 1.35. The molecule has 3 rings (SSSR count). The maximum absolute atomic E-state index is 12.4. The van der Waals surface area contributed by atoms with Gasteiger partial charge in [0.2, 0.25) is 5.91 Å². The van der Waals surface area contributed by atoms with Gasteiger partial charge in [0, 0.05) is 56.7 Å². The SMILES string of the molecule is CN(C)S(=O)(=O)N1CCC(C(=O)NCCc2c[nH]c3ccccc23)CC1. The maximum Gasteiger partial charge on any atom is 0.281 e. The maximum atomic E-state index is 12.4. The van der Waals surface area contributed by atoms with E-state index in [0.717, 1.165) is 11.9 Å². The normalized spacial score (nSPS) is 17.0. The van der Waals surface area contributed by atoms with Crippen molar-refractivity contribution < 1.29 is 13.2 Å². The Morgan fingerprint density at radius 1 is 1.27 bits per heavy atom. The molecule has 1 aromatic carbocycles. The molecule has 1 aliphatic heterocycles. The first-order valence-corrected chi connectivity index (χ1v) is 10.3. The number of fused-ring (bicyclic) bond motifs is 1. The number of hydrogen-bond donors (Lipinski definition) is 2. The summed E-state index contributed by atoms with van der Waals surface area (Å²) in [4.78, 5) is 15.6. The molecular formula is C18H26N4O3S. The van der Waals surface area contributed by atoms with E-state index in [1.807, 2.05) is 24.4 Å². The van der Waals surface area contributed by atoms with Gasteiger partial charge in [-0.05, 0) is 30.9 Å². The largest absolute Gasteiger partial charge is 0.361 e. The van der Waals surface area contributed by atoms with Gasteiger partial charge in [0.25, 0.3) is 10.2 Å². The summed E-state index contributed by atoms with van der Waals surface area (Å²) in [5.74, 6) is -0.0988. The van der Waals surface area contributed by atoms with Crippen LogP contribution in [0.3, 0.4) is 0 Å². The number of rotatable bonds is 6. The highest BCUT2D eigenvalue weighted by molar-refractivity contribution is 7.86. The first-order chi connectivity index (χ1) is 12.4. The van der Waals surface area contributed by atoms with Gasteiger partial charge in [0.05, 0.1) is 0 Å². The van der Waals surface area contributed by atoms with Crippen molar-refractivity contribution in [3.63, 3.8) is 0 Å². The molecule has 1 amide bonds. The summed E-state index contributed by atoms with van der Waals surface area (Å²) in [7, 11) is -0.332. The highest BCUT2D eigenvalue weighted by Gasteiger charge is 2.32. The van der Waals surface area contributed by atoms with Crippen molar-refractivity contribution in [2.45, 2.75) is 19.3 Å². The lowest BCUT2D eigenvalue weighted by Gasteiger charge is -2.32. The fraction of sp³-hybridized carbons (Fsp3) is 0.500. The fourth-order valence-electron chi connectivity index (χ4n) is 3.38. The molecule has 1 aliphatic rings. The molecule has 0 unspecified atom stereocenters. The van der Waals surface area contributed by atoms with Crippen LogP contribution in [0.25, 0.3) is 10.9 Å². The molecule has 0 bridgehead atoms. The minimum atomic E-state index is -3.38. The standard InChI is InChI=1S/C18H26N4O3S/c1-21(2)26(24,25)22-11-8-14(9-12-22)18(23)19-10-7-15-13-20-17-6-4-3-5-16(15)17/h3-6,13-14,20H,7-12H2,1-2H3,(H,19,23). The summed E-state index contributed by atoms with van der Waals surface area (Å²) >= 11 is 0. The van der Waals surface area contributed by atoms with Gasteiger partial charge >= 0.3 is 0 Å². The summed E-state index contributed by atoms with van der Waals surface area (Å²) in [6.07, 6.45) is 3.88. The molecule has 0 saturated carbocycles. The van der Waals surface area contributed by atoms with E-state index in [4.69, 9.17) is 0 Å². The molecule has 7 nitrogen and oxygen atoms in total. The Balaban J connectivity index is 1.48. The number of carbonyl (C=O) groups excluding carboxylic acids is 1. The lowest BCUT2D eigenvalue weighted by molar-refractivity contribution is -0.126. The van der Waals surface area contributed by atoms with E-state index in [1.165, 1.54) is 33.7 Å². The Labute approximate surface area is 154 Å². The highest BCUT2D eigenvalue weighted by Crippen LogP contribution is 2.21. The second-order valence-electron chi connectivity index (χ2n) is 6.86. The minimum absolute atomic E-state index is 0.0201. The van der Waals surface area contributed by atoms with E-state index in [1.54, 1.807) is 0 Å². The molecular weight excluding hydrogens is 352 g/mol.